The lowest BCUT2D eigenvalue weighted by Gasteiger charge is -2.20. The van der Waals surface area contributed by atoms with Crippen molar-refractivity contribution in [2.75, 3.05) is 0 Å². The molecule has 0 saturated carbocycles. The molecule has 1 aromatic heterocycles. The molecule has 0 bridgehead atoms. The van der Waals surface area contributed by atoms with Crippen LogP contribution in [-0.2, 0) is 12.8 Å². The third-order valence-electron chi connectivity index (χ3n) is 4.33. The van der Waals surface area contributed by atoms with Gasteiger partial charge in [-0.25, -0.2) is 0 Å². The summed E-state index contributed by atoms with van der Waals surface area (Å²) in [7, 11) is 0. The van der Waals surface area contributed by atoms with E-state index in [1.165, 1.54) is 28.2 Å². The number of Topliss-reactive ketones (excluding diaryl/α,β-unsaturated/α-hetero) is 1. The second-order valence-corrected chi connectivity index (χ2v) is 5.69. The molecule has 2 aromatic rings. The quantitative estimate of drug-likeness (QED) is 0.800. The van der Waals surface area contributed by atoms with Crippen LogP contribution < -0.4 is 0 Å². The van der Waals surface area contributed by atoms with E-state index in [4.69, 9.17) is 0 Å². The average Bonchev–Trinajstić information content (AvgIpc) is 2.76. The first-order valence-corrected chi connectivity index (χ1v) is 7.46. The van der Waals surface area contributed by atoms with Crippen molar-refractivity contribution in [2.45, 2.75) is 46.5 Å². The number of para-hydroxylation sites is 1. The van der Waals surface area contributed by atoms with Gasteiger partial charge < -0.3 is 4.57 Å². The van der Waals surface area contributed by atoms with Crippen molar-refractivity contribution in [3.8, 4) is 5.69 Å². The van der Waals surface area contributed by atoms with Gasteiger partial charge in [0.1, 0.15) is 0 Å². The highest BCUT2D eigenvalue weighted by Gasteiger charge is 2.24. The number of benzene rings is 1. The topological polar surface area (TPSA) is 22.0 Å². The number of nitrogens with zero attached hydrogens (tertiary/aromatic N) is 1. The number of hydrogen-bond donors (Lipinski definition) is 0. The molecule has 0 fully saturated rings. The predicted molar refractivity (Wildman–Crippen MR) is 81.9 cm³/mol. The molecule has 0 radical (unpaired) electrons. The number of ketones is 1. The number of aromatic nitrogens is 1. The van der Waals surface area contributed by atoms with Crippen LogP contribution in [0.4, 0.5) is 0 Å². The average molecular weight is 267 g/mol. The highest BCUT2D eigenvalue weighted by Crippen LogP contribution is 2.31. The van der Waals surface area contributed by atoms with Gasteiger partial charge in [-0.3, -0.25) is 4.79 Å². The van der Waals surface area contributed by atoms with E-state index in [-0.39, 0.29) is 0 Å². The highest BCUT2D eigenvalue weighted by molar-refractivity contribution is 5.98. The summed E-state index contributed by atoms with van der Waals surface area (Å²) >= 11 is 0. The van der Waals surface area contributed by atoms with Crippen molar-refractivity contribution in [3.05, 3.63) is 52.3 Å². The molecule has 2 nitrogen and oxygen atoms in total. The maximum Gasteiger partial charge on any atom is 0.164 e. The Morgan fingerprint density at radius 3 is 2.75 bits per heavy atom. The highest BCUT2D eigenvalue weighted by atomic mass is 16.1. The number of fused-ring (bicyclic) bond motifs is 1. The first-order valence-electron chi connectivity index (χ1n) is 7.46. The van der Waals surface area contributed by atoms with E-state index in [1.54, 1.807) is 0 Å². The fraction of sp³-hybridized carbons (Fsp3) is 0.389. The van der Waals surface area contributed by atoms with Crippen LogP contribution in [0, 0.1) is 13.8 Å². The molecule has 0 N–H and O–H groups in total. The molecule has 1 heterocycles. The summed E-state index contributed by atoms with van der Waals surface area (Å²) < 4.78 is 2.32. The smallest absolute Gasteiger partial charge is 0.164 e. The van der Waals surface area contributed by atoms with Crippen molar-refractivity contribution >= 4 is 5.78 Å². The lowest BCUT2D eigenvalue weighted by Crippen LogP contribution is -2.14. The van der Waals surface area contributed by atoms with Gasteiger partial charge in [0, 0.05) is 23.4 Å². The molecule has 0 unspecified atom stereocenters. The molecule has 0 atom stereocenters. The van der Waals surface area contributed by atoms with Gasteiger partial charge in [0.25, 0.3) is 0 Å². The number of carbonyl (C=O) groups is 1. The van der Waals surface area contributed by atoms with E-state index in [9.17, 15) is 4.79 Å². The van der Waals surface area contributed by atoms with Gasteiger partial charge in [0.2, 0.25) is 0 Å². The van der Waals surface area contributed by atoms with Crippen LogP contribution in [0.15, 0.2) is 24.3 Å². The normalized spacial score (nSPS) is 14.4. The van der Waals surface area contributed by atoms with E-state index >= 15 is 0 Å². The van der Waals surface area contributed by atoms with Gasteiger partial charge in [0.05, 0.1) is 5.69 Å². The zero-order valence-corrected chi connectivity index (χ0v) is 12.5. The van der Waals surface area contributed by atoms with E-state index in [2.05, 4.69) is 49.6 Å². The summed E-state index contributed by atoms with van der Waals surface area (Å²) in [6.45, 7) is 6.46. The Balaban J connectivity index is 2.29. The third kappa shape index (κ3) is 1.91. The zero-order chi connectivity index (χ0) is 14.3. The number of hydrogen-bond acceptors (Lipinski definition) is 1. The molecular weight excluding hydrogens is 246 g/mol. The lowest BCUT2D eigenvalue weighted by atomic mass is 9.96. The van der Waals surface area contributed by atoms with E-state index in [0.717, 1.165) is 24.8 Å². The molecule has 2 heteroatoms. The second-order valence-electron chi connectivity index (χ2n) is 5.69. The fourth-order valence-electron chi connectivity index (χ4n) is 3.37. The Morgan fingerprint density at radius 2 is 2.00 bits per heavy atom. The van der Waals surface area contributed by atoms with Crippen molar-refractivity contribution in [1.29, 1.82) is 0 Å². The minimum absolute atomic E-state index is 0.305. The van der Waals surface area contributed by atoms with Crippen LogP contribution in [0.25, 0.3) is 5.69 Å². The molecule has 1 aliphatic rings. The summed E-state index contributed by atoms with van der Waals surface area (Å²) in [4.78, 5) is 12.1. The van der Waals surface area contributed by atoms with Gasteiger partial charge in [-0.15, -0.1) is 0 Å². The standard InChI is InChI=1S/C18H21NO/c1-4-14-8-5-7-12(2)18(14)19-13(3)11-15-16(19)9-6-10-17(15)20/h5,7-8,11H,4,6,9-10H2,1-3H3. The molecule has 3 rings (SSSR count). The maximum absolute atomic E-state index is 12.1. The minimum Gasteiger partial charge on any atom is -0.317 e. The van der Waals surface area contributed by atoms with Crippen molar-refractivity contribution < 1.29 is 4.79 Å². The summed E-state index contributed by atoms with van der Waals surface area (Å²) in [5.74, 6) is 0.305. The Bertz CT molecular complexity index is 679. The molecule has 0 spiro atoms. The number of carbonyl (C=O) groups excluding carboxylic acids is 1. The number of rotatable bonds is 2. The summed E-state index contributed by atoms with van der Waals surface area (Å²) in [5.41, 5.74) is 7.24. The van der Waals surface area contributed by atoms with Crippen LogP contribution in [0.3, 0.4) is 0 Å². The van der Waals surface area contributed by atoms with Gasteiger partial charge >= 0.3 is 0 Å². The summed E-state index contributed by atoms with van der Waals surface area (Å²) in [6.07, 6.45) is 3.69. The summed E-state index contributed by atoms with van der Waals surface area (Å²) in [6, 6.07) is 8.54. The van der Waals surface area contributed by atoms with Crippen LogP contribution in [0.1, 0.15) is 52.6 Å². The molecule has 104 valence electrons. The minimum atomic E-state index is 0.305. The molecule has 0 aliphatic heterocycles. The molecule has 1 aromatic carbocycles. The Morgan fingerprint density at radius 1 is 1.20 bits per heavy atom. The maximum atomic E-state index is 12.1. The van der Waals surface area contributed by atoms with Crippen LogP contribution >= 0.6 is 0 Å². The van der Waals surface area contributed by atoms with Crippen LogP contribution in [0.2, 0.25) is 0 Å². The molecule has 1 aliphatic carbocycles. The monoisotopic (exact) mass is 267 g/mol. The molecule has 20 heavy (non-hydrogen) atoms. The van der Waals surface area contributed by atoms with Crippen LogP contribution in [0.5, 0.6) is 0 Å². The Hall–Kier alpha value is -1.83. The first kappa shape index (κ1) is 13.2. The van der Waals surface area contributed by atoms with E-state index < -0.39 is 0 Å². The largest absolute Gasteiger partial charge is 0.317 e. The van der Waals surface area contributed by atoms with Gasteiger partial charge in [-0.05, 0) is 50.3 Å². The van der Waals surface area contributed by atoms with Crippen molar-refractivity contribution in [1.82, 2.24) is 4.57 Å². The first-order chi connectivity index (χ1) is 9.63. The number of aryl methyl sites for hydroxylation is 3. The van der Waals surface area contributed by atoms with Gasteiger partial charge in [-0.1, -0.05) is 25.1 Å². The Labute approximate surface area is 120 Å². The van der Waals surface area contributed by atoms with Gasteiger partial charge in [-0.2, -0.15) is 0 Å². The van der Waals surface area contributed by atoms with Gasteiger partial charge in [0.15, 0.2) is 5.78 Å². The predicted octanol–water partition coefficient (Wildman–Crippen LogP) is 4.18. The molecule has 0 amide bonds. The SMILES string of the molecule is CCc1cccc(C)c1-n1c(C)cc2c1CCCC2=O. The van der Waals surface area contributed by atoms with Crippen molar-refractivity contribution in [3.63, 3.8) is 0 Å². The summed E-state index contributed by atoms with van der Waals surface area (Å²) in [5, 5.41) is 0. The van der Waals surface area contributed by atoms with E-state index in [1.807, 2.05) is 0 Å². The molecular formula is C18H21NO. The second kappa shape index (κ2) is 4.93. The third-order valence-corrected chi connectivity index (χ3v) is 4.33. The lowest BCUT2D eigenvalue weighted by molar-refractivity contribution is 0.0972. The van der Waals surface area contributed by atoms with Crippen LogP contribution in [-0.4, -0.2) is 10.4 Å². The fourth-order valence-corrected chi connectivity index (χ4v) is 3.37. The van der Waals surface area contributed by atoms with Crippen molar-refractivity contribution in [2.24, 2.45) is 0 Å². The zero-order valence-electron chi connectivity index (χ0n) is 12.5. The van der Waals surface area contributed by atoms with E-state index in [0.29, 0.717) is 12.2 Å². The molecule has 0 saturated heterocycles. The Kier molecular flexibility index (Phi) is 3.25.